The highest BCUT2D eigenvalue weighted by atomic mass is 16.5. The van der Waals surface area contributed by atoms with Gasteiger partial charge in [0.15, 0.2) is 0 Å². The van der Waals surface area contributed by atoms with Crippen LogP contribution in [-0.4, -0.2) is 41.1 Å². The van der Waals surface area contributed by atoms with Crippen molar-refractivity contribution in [2.45, 2.75) is 32.2 Å². The Morgan fingerprint density at radius 1 is 1.24 bits per heavy atom. The van der Waals surface area contributed by atoms with Gasteiger partial charge in [-0.2, -0.15) is 0 Å². The molecule has 3 heterocycles. The number of nitrogens with one attached hydrogen (secondary N) is 1. The largest absolute Gasteiger partial charge is 0.379 e. The first-order valence-corrected chi connectivity index (χ1v) is 6.63. The zero-order valence-electron chi connectivity index (χ0n) is 10.2. The number of nitrogens with zero attached hydrogens (tertiary/aromatic N) is 3. The second-order valence-electron chi connectivity index (χ2n) is 4.94. The van der Waals surface area contributed by atoms with Gasteiger partial charge in [-0.15, -0.1) is 10.2 Å². The van der Waals surface area contributed by atoms with Gasteiger partial charge < -0.3 is 14.6 Å². The molecule has 3 rings (SSSR count). The van der Waals surface area contributed by atoms with E-state index in [2.05, 4.69) is 20.1 Å². The highest BCUT2D eigenvalue weighted by Crippen LogP contribution is 2.18. The van der Waals surface area contributed by atoms with E-state index >= 15 is 0 Å². The number of rotatable bonds is 2. The third kappa shape index (κ3) is 2.50. The molecule has 0 bridgehead atoms. The van der Waals surface area contributed by atoms with E-state index in [1.807, 2.05) is 0 Å². The fraction of sp³-hybridized carbons (Fsp3) is 0.833. The van der Waals surface area contributed by atoms with Crippen LogP contribution in [0.25, 0.3) is 0 Å². The molecule has 0 saturated carbocycles. The van der Waals surface area contributed by atoms with Crippen molar-refractivity contribution in [2.24, 2.45) is 5.92 Å². The van der Waals surface area contributed by atoms with Crippen LogP contribution in [0.2, 0.25) is 0 Å². The molecular formula is C12H20N4O. The van der Waals surface area contributed by atoms with Gasteiger partial charge in [-0.3, -0.25) is 0 Å². The highest BCUT2D eigenvalue weighted by molar-refractivity contribution is 4.99. The van der Waals surface area contributed by atoms with E-state index in [4.69, 9.17) is 4.74 Å². The Bertz CT molecular complexity index is 371. The minimum Gasteiger partial charge on any atom is -0.379 e. The van der Waals surface area contributed by atoms with Gasteiger partial charge in [0.25, 0.3) is 0 Å². The zero-order valence-corrected chi connectivity index (χ0v) is 10.2. The quantitative estimate of drug-likeness (QED) is 0.807. The zero-order chi connectivity index (χ0) is 11.5. The number of piperidine rings is 1. The van der Waals surface area contributed by atoms with Crippen molar-refractivity contribution in [1.29, 1.82) is 0 Å². The Balaban J connectivity index is 1.71. The Labute approximate surface area is 102 Å². The second kappa shape index (κ2) is 5.14. The molecule has 94 valence electrons. The molecule has 1 saturated heterocycles. The molecule has 5 nitrogen and oxygen atoms in total. The third-order valence-electron chi connectivity index (χ3n) is 3.76. The first kappa shape index (κ1) is 11.2. The monoisotopic (exact) mass is 236 g/mol. The van der Waals surface area contributed by atoms with Gasteiger partial charge in [0.2, 0.25) is 0 Å². The molecular weight excluding hydrogens is 216 g/mol. The number of fused-ring (bicyclic) bond motifs is 1. The lowest BCUT2D eigenvalue weighted by Gasteiger charge is -2.22. The Morgan fingerprint density at radius 3 is 3.00 bits per heavy atom. The molecule has 0 atom stereocenters. The summed E-state index contributed by atoms with van der Waals surface area (Å²) in [7, 11) is 0. The SMILES string of the molecule is C1CC(Cc2nnc3n2CCOCC3)CCN1. The molecule has 5 heteroatoms. The van der Waals surface area contributed by atoms with Gasteiger partial charge in [0.05, 0.1) is 13.2 Å². The van der Waals surface area contributed by atoms with Crippen molar-refractivity contribution >= 4 is 0 Å². The molecule has 0 aromatic carbocycles. The number of hydrogen-bond acceptors (Lipinski definition) is 4. The molecule has 0 unspecified atom stereocenters. The van der Waals surface area contributed by atoms with Crippen LogP contribution in [0.1, 0.15) is 24.5 Å². The van der Waals surface area contributed by atoms with Crippen molar-refractivity contribution in [1.82, 2.24) is 20.1 Å². The summed E-state index contributed by atoms with van der Waals surface area (Å²) in [6.07, 6.45) is 4.51. The summed E-state index contributed by atoms with van der Waals surface area (Å²) >= 11 is 0. The predicted octanol–water partition coefficient (Wildman–Crippen LogP) is 0.393. The molecule has 0 aliphatic carbocycles. The Kier molecular flexibility index (Phi) is 3.38. The van der Waals surface area contributed by atoms with E-state index in [0.29, 0.717) is 0 Å². The Hall–Kier alpha value is -0.940. The van der Waals surface area contributed by atoms with Crippen molar-refractivity contribution in [2.75, 3.05) is 26.3 Å². The highest BCUT2D eigenvalue weighted by Gasteiger charge is 2.19. The van der Waals surface area contributed by atoms with Gasteiger partial charge in [-0.25, -0.2) is 0 Å². The van der Waals surface area contributed by atoms with Crippen molar-refractivity contribution < 1.29 is 4.74 Å². The van der Waals surface area contributed by atoms with Crippen LogP contribution in [0.4, 0.5) is 0 Å². The molecule has 2 aliphatic rings. The first-order valence-electron chi connectivity index (χ1n) is 6.63. The van der Waals surface area contributed by atoms with Gasteiger partial charge in [-0.05, 0) is 31.8 Å². The molecule has 1 aromatic heterocycles. The molecule has 0 radical (unpaired) electrons. The fourth-order valence-corrected chi connectivity index (χ4v) is 2.73. The van der Waals surface area contributed by atoms with Crippen LogP contribution < -0.4 is 5.32 Å². The molecule has 0 amide bonds. The summed E-state index contributed by atoms with van der Waals surface area (Å²) in [6.45, 7) is 4.79. The van der Waals surface area contributed by atoms with Crippen molar-refractivity contribution in [3.8, 4) is 0 Å². The fourth-order valence-electron chi connectivity index (χ4n) is 2.73. The molecule has 0 spiro atoms. The molecule has 17 heavy (non-hydrogen) atoms. The first-order chi connectivity index (χ1) is 8.43. The summed E-state index contributed by atoms with van der Waals surface area (Å²) in [5, 5.41) is 12.1. The number of aromatic nitrogens is 3. The third-order valence-corrected chi connectivity index (χ3v) is 3.76. The van der Waals surface area contributed by atoms with E-state index in [1.165, 1.54) is 12.8 Å². The van der Waals surface area contributed by atoms with E-state index in [-0.39, 0.29) is 0 Å². The van der Waals surface area contributed by atoms with Crippen molar-refractivity contribution in [3.63, 3.8) is 0 Å². The maximum atomic E-state index is 5.48. The van der Waals surface area contributed by atoms with E-state index in [1.54, 1.807) is 0 Å². The smallest absolute Gasteiger partial charge is 0.135 e. The van der Waals surface area contributed by atoms with Gasteiger partial charge in [-0.1, -0.05) is 0 Å². The molecule has 1 fully saturated rings. The average Bonchev–Trinajstić information content (AvgIpc) is 2.61. The molecule has 1 N–H and O–H groups in total. The lowest BCUT2D eigenvalue weighted by atomic mass is 9.94. The minimum absolute atomic E-state index is 0.772. The standard InChI is InChI=1S/C12H20N4O/c1-4-13-5-2-10(1)9-12-15-14-11-3-7-17-8-6-16(11)12/h10,13H,1-9H2. The van der Waals surface area contributed by atoms with Crippen LogP contribution in [-0.2, 0) is 24.1 Å². The van der Waals surface area contributed by atoms with Crippen LogP contribution in [0.5, 0.6) is 0 Å². The number of ether oxygens (including phenoxy) is 1. The summed E-state index contributed by atoms with van der Waals surface area (Å²) in [4.78, 5) is 0. The lowest BCUT2D eigenvalue weighted by Crippen LogP contribution is -2.29. The summed E-state index contributed by atoms with van der Waals surface area (Å²) in [5.41, 5.74) is 0. The minimum atomic E-state index is 0.772. The summed E-state index contributed by atoms with van der Waals surface area (Å²) < 4.78 is 7.75. The average molecular weight is 236 g/mol. The topological polar surface area (TPSA) is 52.0 Å². The normalized spacial score (nSPS) is 22.1. The van der Waals surface area contributed by atoms with E-state index in [0.717, 1.165) is 63.3 Å². The molecule has 2 aliphatic heterocycles. The van der Waals surface area contributed by atoms with Crippen molar-refractivity contribution in [3.05, 3.63) is 11.6 Å². The van der Waals surface area contributed by atoms with E-state index in [9.17, 15) is 0 Å². The maximum Gasteiger partial charge on any atom is 0.135 e. The summed E-state index contributed by atoms with van der Waals surface area (Å²) in [6, 6.07) is 0. The van der Waals surface area contributed by atoms with Gasteiger partial charge in [0.1, 0.15) is 11.6 Å². The van der Waals surface area contributed by atoms with Gasteiger partial charge >= 0.3 is 0 Å². The van der Waals surface area contributed by atoms with Crippen LogP contribution >= 0.6 is 0 Å². The van der Waals surface area contributed by atoms with Gasteiger partial charge in [0, 0.05) is 19.4 Å². The maximum absolute atomic E-state index is 5.48. The van der Waals surface area contributed by atoms with Crippen LogP contribution in [0.3, 0.4) is 0 Å². The Morgan fingerprint density at radius 2 is 2.12 bits per heavy atom. The summed E-state index contributed by atoms with van der Waals surface area (Å²) in [5.74, 6) is 3.04. The van der Waals surface area contributed by atoms with E-state index < -0.39 is 0 Å². The second-order valence-corrected chi connectivity index (χ2v) is 4.94. The lowest BCUT2D eigenvalue weighted by molar-refractivity contribution is 0.139. The van der Waals surface area contributed by atoms with Crippen LogP contribution in [0.15, 0.2) is 0 Å². The predicted molar refractivity (Wildman–Crippen MR) is 63.8 cm³/mol. The van der Waals surface area contributed by atoms with Crippen LogP contribution in [0, 0.1) is 5.92 Å². The number of hydrogen-bond donors (Lipinski definition) is 1. The molecule has 1 aromatic rings.